The molecular formula is C16H12ClNO5. The van der Waals surface area contributed by atoms with Gasteiger partial charge in [0, 0.05) is 0 Å². The summed E-state index contributed by atoms with van der Waals surface area (Å²) in [5, 5.41) is 0.199. The van der Waals surface area contributed by atoms with Crippen molar-refractivity contribution in [3.8, 4) is 0 Å². The second-order valence-electron chi connectivity index (χ2n) is 5.67. The van der Waals surface area contributed by atoms with Crippen molar-refractivity contribution in [2.75, 3.05) is 12.0 Å². The van der Waals surface area contributed by atoms with Crippen molar-refractivity contribution >= 4 is 35.1 Å². The minimum absolute atomic E-state index is 0.113. The number of hydrogen-bond acceptors (Lipinski definition) is 5. The molecule has 23 heavy (non-hydrogen) atoms. The number of halogens is 1. The summed E-state index contributed by atoms with van der Waals surface area (Å²) >= 11 is 5.98. The van der Waals surface area contributed by atoms with Crippen LogP contribution in [0.15, 0.2) is 30.4 Å². The largest absolute Gasteiger partial charge is 0.465 e. The van der Waals surface area contributed by atoms with Gasteiger partial charge in [0.25, 0.3) is 0 Å². The highest BCUT2D eigenvalue weighted by Crippen LogP contribution is 2.46. The number of rotatable bonds is 2. The zero-order valence-electron chi connectivity index (χ0n) is 12.1. The van der Waals surface area contributed by atoms with Crippen molar-refractivity contribution in [1.29, 1.82) is 0 Å². The number of hydrogen-bond donors (Lipinski definition) is 0. The molecule has 3 aliphatic heterocycles. The summed E-state index contributed by atoms with van der Waals surface area (Å²) in [4.78, 5) is 38.2. The van der Waals surface area contributed by atoms with Crippen LogP contribution in [0.25, 0.3) is 0 Å². The monoisotopic (exact) mass is 333 g/mol. The van der Waals surface area contributed by atoms with Crippen molar-refractivity contribution in [3.63, 3.8) is 0 Å². The fourth-order valence-corrected chi connectivity index (χ4v) is 3.67. The lowest BCUT2D eigenvalue weighted by Crippen LogP contribution is -2.34. The number of benzene rings is 1. The van der Waals surface area contributed by atoms with E-state index in [-0.39, 0.29) is 34.6 Å². The molecule has 118 valence electrons. The van der Waals surface area contributed by atoms with E-state index in [1.54, 1.807) is 6.07 Å². The van der Waals surface area contributed by atoms with E-state index >= 15 is 0 Å². The van der Waals surface area contributed by atoms with Gasteiger partial charge in [0.05, 0.1) is 47.4 Å². The third-order valence-corrected chi connectivity index (χ3v) is 4.85. The number of imide groups is 1. The summed E-state index contributed by atoms with van der Waals surface area (Å²) in [5.41, 5.74) is 0.431. The Hall–Kier alpha value is -2.18. The summed E-state index contributed by atoms with van der Waals surface area (Å²) in [5.74, 6) is -2.23. The summed E-state index contributed by atoms with van der Waals surface area (Å²) in [6, 6.07) is 4.42. The highest BCUT2D eigenvalue weighted by molar-refractivity contribution is 6.34. The van der Waals surface area contributed by atoms with Crippen molar-refractivity contribution < 1.29 is 23.9 Å². The number of amides is 2. The predicted molar refractivity (Wildman–Crippen MR) is 80.1 cm³/mol. The maximum Gasteiger partial charge on any atom is 0.339 e. The van der Waals surface area contributed by atoms with Crippen molar-refractivity contribution in [3.05, 3.63) is 40.9 Å². The molecule has 3 heterocycles. The summed E-state index contributed by atoms with van der Waals surface area (Å²) in [6.45, 7) is 0. The number of carbonyl (C=O) groups is 3. The van der Waals surface area contributed by atoms with Gasteiger partial charge < -0.3 is 9.47 Å². The van der Waals surface area contributed by atoms with Crippen LogP contribution in [0.3, 0.4) is 0 Å². The first kappa shape index (κ1) is 14.4. The van der Waals surface area contributed by atoms with Crippen LogP contribution in [0.4, 0.5) is 5.69 Å². The number of esters is 1. The number of nitrogens with zero attached hydrogens (tertiary/aromatic N) is 1. The van der Waals surface area contributed by atoms with Gasteiger partial charge >= 0.3 is 5.97 Å². The summed E-state index contributed by atoms with van der Waals surface area (Å²) in [7, 11) is 1.24. The molecule has 0 radical (unpaired) electrons. The molecule has 0 unspecified atom stereocenters. The normalized spacial score (nSPS) is 31.0. The Bertz CT molecular complexity index is 744. The smallest absolute Gasteiger partial charge is 0.339 e. The third kappa shape index (κ3) is 1.88. The average Bonchev–Trinajstić information content (AvgIpc) is 3.22. The second-order valence-corrected chi connectivity index (χ2v) is 6.08. The fourth-order valence-electron chi connectivity index (χ4n) is 3.48. The van der Waals surface area contributed by atoms with Crippen LogP contribution in [0.1, 0.15) is 10.4 Å². The SMILES string of the molecule is COC(=O)c1cc(N2C(=O)[C@@H]3[C@H](C2=O)[C@H]2C=C[C@@H]3O2)ccc1Cl. The zero-order chi connectivity index (χ0) is 16.3. The van der Waals surface area contributed by atoms with Gasteiger partial charge in [-0.1, -0.05) is 23.8 Å². The van der Waals surface area contributed by atoms with Crippen LogP contribution in [-0.4, -0.2) is 37.1 Å². The van der Waals surface area contributed by atoms with E-state index in [0.29, 0.717) is 5.69 Å². The maximum atomic E-state index is 12.7. The molecule has 0 saturated carbocycles. The Morgan fingerprint density at radius 1 is 1.17 bits per heavy atom. The number of anilines is 1. The Labute approximate surface area is 136 Å². The molecule has 7 heteroatoms. The lowest BCUT2D eigenvalue weighted by molar-refractivity contribution is -0.124. The molecule has 0 N–H and O–H groups in total. The van der Waals surface area contributed by atoms with E-state index in [9.17, 15) is 14.4 Å². The first-order valence-corrected chi connectivity index (χ1v) is 7.50. The molecule has 2 amide bonds. The van der Waals surface area contributed by atoms with E-state index in [1.807, 2.05) is 12.2 Å². The molecule has 0 aromatic heterocycles. The van der Waals surface area contributed by atoms with E-state index in [0.717, 1.165) is 4.90 Å². The average molecular weight is 334 g/mol. The molecule has 1 aromatic carbocycles. The van der Waals surface area contributed by atoms with Gasteiger partial charge in [-0.15, -0.1) is 0 Å². The van der Waals surface area contributed by atoms with Crippen LogP contribution >= 0.6 is 11.6 Å². The fraction of sp³-hybridized carbons (Fsp3) is 0.312. The van der Waals surface area contributed by atoms with Crippen LogP contribution < -0.4 is 4.90 Å². The third-order valence-electron chi connectivity index (χ3n) is 4.52. The maximum absolute atomic E-state index is 12.7. The Morgan fingerprint density at radius 3 is 2.35 bits per heavy atom. The van der Waals surface area contributed by atoms with Gasteiger partial charge in [-0.05, 0) is 18.2 Å². The minimum atomic E-state index is -0.624. The number of fused-ring (bicyclic) bond motifs is 5. The molecule has 4 rings (SSSR count). The molecule has 2 saturated heterocycles. The number of ether oxygens (including phenoxy) is 2. The Morgan fingerprint density at radius 2 is 1.78 bits per heavy atom. The molecule has 2 fully saturated rings. The van der Waals surface area contributed by atoms with Gasteiger partial charge in [0.15, 0.2) is 0 Å². The number of carbonyl (C=O) groups excluding carboxylic acids is 3. The highest BCUT2D eigenvalue weighted by Gasteiger charge is 2.61. The number of methoxy groups -OCH3 is 1. The van der Waals surface area contributed by atoms with Crippen molar-refractivity contribution in [2.24, 2.45) is 11.8 Å². The molecule has 1 aromatic rings. The standard InChI is InChI=1S/C16H12ClNO5/c1-22-16(21)8-6-7(2-3-9(8)17)18-14(19)12-10-4-5-11(23-10)13(12)15(18)20/h2-6,10-13H,1H3/t10-,11+,12-,13+. The van der Waals surface area contributed by atoms with E-state index in [4.69, 9.17) is 16.3 Å². The van der Waals surface area contributed by atoms with Crippen molar-refractivity contribution in [1.82, 2.24) is 0 Å². The second kappa shape index (κ2) is 4.91. The first-order chi connectivity index (χ1) is 11.0. The molecule has 3 aliphatic rings. The molecule has 2 bridgehead atoms. The molecule has 0 aliphatic carbocycles. The van der Waals surface area contributed by atoms with Crippen molar-refractivity contribution in [2.45, 2.75) is 12.2 Å². The lowest BCUT2D eigenvalue weighted by Gasteiger charge is -2.18. The van der Waals surface area contributed by atoms with E-state index in [2.05, 4.69) is 4.74 Å². The predicted octanol–water partition coefficient (Wildman–Crippen LogP) is 1.57. The summed E-state index contributed by atoms with van der Waals surface area (Å²) < 4.78 is 10.3. The zero-order valence-corrected chi connectivity index (χ0v) is 12.8. The minimum Gasteiger partial charge on any atom is -0.465 e. The Balaban J connectivity index is 1.73. The Kier molecular flexibility index (Phi) is 3.08. The van der Waals surface area contributed by atoms with Gasteiger partial charge in [-0.2, -0.15) is 0 Å². The van der Waals surface area contributed by atoms with Gasteiger partial charge in [-0.25, -0.2) is 9.69 Å². The van der Waals surface area contributed by atoms with Gasteiger partial charge in [-0.3, -0.25) is 9.59 Å². The summed E-state index contributed by atoms with van der Waals surface area (Å²) in [6.07, 6.45) is 2.95. The lowest BCUT2D eigenvalue weighted by atomic mass is 9.85. The molecule has 6 nitrogen and oxygen atoms in total. The van der Waals surface area contributed by atoms with Crippen LogP contribution in [-0.2, 0) is 19.1 Å². The van der Waals surface area contributed by atoms with Gasteiger partial charge in [0.2, 0.25) is 11.8 Å². The van der Waals surface area contributed by atoms with Gasteiger partial charge in [0.1, 0.15) is 0 Å². The van der Waals surface area contributed by atoms with E-state index in [1.165, 1.54) is 19.2 Å². The molecule has 4 atom stereocenters. The quantitative estimate of drug-likeness (QED) is 0.466. The van der Waals surface area contributed by atoms with E-state index < -0.39 is 17.8 Å². The molecular weight excluding hydrogens is 322 g/mol. The topological polar surface area (TPSA) is 72.9 Å². The van der Waals surface area contributed by atoms with Crippen LogP contribution in [0, 0.1) is 11.8 Å². The highest BCUT2D eigenvalue weighted by atomic mass is 35.5. The molecule has 0 spiro atoms. The first-order valence-electron chi connectivity index (χ1n) is 7.12. The van der Waals surface area contributed by atoms with Crippen LogP contribution in [0.5, 0.6) is 0 Å². The van der Waals surface area contributed by atoms with Crippen LogP contribution in [0.2, 0.25) is 5.02 Å².